The number of carbonyl (C=O) groups is 3. The number of amides is 3. The summed E-state index contributed by atoms with van der Waals surface area (Å²) >= 11 is 0.826. The van der Waals surface area contributed by atoms with Crippen LogP contribution in [-0.4, -0.2) is 53.1 Å². The molecule has 2 heterocycles. The maximum atomic E-state index is 13.0. The van der Waals surface area contributed by atoms with Crippen LogP contribution in [0.5, 0.6) is 11.5 Å². The van der Waals surface area contributed by atoms with Gasteiger partial charge in [0.1, 0.15) is 13.2 Å². The number of hydrogen-bond acceptors (Lipinski definition) is 7. The van der Waals surface area contributed by atoms with E-state index in [0.717, 1.165) is 35.1 Å². The molecule has 2 aromatic carbocycles. The number of benzene rings is 2. The molecule has 0 atom stereocenters. The molecule has 0 saturated carbocycles. The molecule has 0 spiro atoms. The Balaban J connectivity index is 1.46. The third-order valence-corrected chi connectivity index (χ3v) is 7.30. The highest BCUT2D eigenvalue weighted by atomic mass is 32.2. The van der Waals surface area contributed by atoms with Crippen molar-refractivity contribution in [3.05, 3.63) is 64.1 Å². The Kier molecular flexibility index (Phi) is 8.51. The topological polar surface area (TPSA) is 99.9 Å². The fourth-order valence-electron chi connectivity index (χ4n) is 4.19. The number of hydrogen-bond donors (Lipinski definition) is 0. The molecule has 8 nitrogen and oxygen atoms in total. The van der Waals surface area contributed by atoms with E-state index in [-0.39, 0.29) is 24.0 Å². The highest BCUT2D eigenvalue weighted by Crippen LogP contribution is 2.35. The van der Waals surface area contributed by atoms with E-state index >= 15 is 0 Å². The lowest BCUT2D eigenvalue weighted by molar-refractivity contribution is -0.136. The van der Waals surface area contributed by atoms with Gasteiger partial charge in [0.25, 0.3) is 11.1 Å². The van der Waals surface area contributed by atoms with Gasteiger partial charge in [0, 0.05) is 18.7 Å². The quantitative estimate of drug-likeness (QED) is 0.461. The zero-order valence-electron chi connectivity index (χ0n) is 20.9. The number of likely N-dealkylation sites (tertiary alicyclic amines) is 1. The second-order valence-corrected chi connectivity index (χ2v) is 10.0. The summed E-state index contributed by atoms with van der Waals surface area (Å²) in [5.41, 5.74) is 1.97. The standard InChI is InChI=1S/C28H29N3O5S/c1-3-35-24-14-20(8-9-23(24)36-18-22-7-5-4-6-21(22)16-29)15-25-27(33)31(28(34)37-25)17-26(32)30-12-10-19(2)11-13-30/h4-9,14-15,19H,3,10-13,17-18H2,1-2H3/b25-15+. The Morgan fingerprint density at radius 1 is 1.14 bits per heavy atom. The molecule has 3 amide bonds. The first-order chi connectivity index (χ1) is 17.9. The van der Waals surface area contributed by atoms with Gasteiger partial charge in [-0.05, 0) is 67.3 Å². The summed E-state index contributed by atoms with van der Waals surface area (Å²) in [5, 5.41) is 8.85. The number of thioether (sulfide) groups is 1. The van der Waals surface area contributed by atoms with Crippen molar-refractivity contribution in [1.82, 2.24) is 9.80 Å². The molecule has 0 unspecified atom stereocenters. The highest BCUT2D eigenvalue weighted by molar-refractivity contribution is 8.18. The third kappa shape index (κ3) is 6.33. The first-order valence-corrected chi connectivity index (χ1v) is 13.1. The Bertz CT molecular complexity index is 1260. The van der Waals surface area contributed by atoms with E-state index < -0.39 is 11.1 Å². The molecular weight excluding hydrogens is 490 g/mol. The molecule has 2 saturated heterocycles. The summed E-state index contributed by atoms with van der Waals surface area (Å²) in [5.74, 6) is 0.894. The molecule has 2 aliphatic rings. The van der Waals surface area contributed by atoms with E-state index in [9.17, 15) is 19.6 Å². The second kappa shape index (κ2) is 12.0. The lowest BCUT2D eigenvalue weighted by Gasteiger charge is -2.31. The zero-order valence-corrected chi connectivity index (χ0v) is 21.8. The maximum Gasteiger partial charge on any atom is 0.294 e. The number of piperidine rings is 1. The number of imide groups is 1. The van der Waals surface area contributed by atoms with Crippen molar-refractivity contribution in [3.63, 3.8) is 0 Å². The van der Waals surface area contributed by atoms with E-state index in [1.165, 1.54) is 0 Å². The predicted octanol–water partition coefficient (Wildman–Crippen LogP) is 4.83. The largest absolute Gasteiger partial charge is 0.490 e. The minimum Gasteiger partial charge on any atom is -0.490 e. The van der Waals surface area contributed by atoms with Gasteiger partial charge >= 0.3 is 0 Å². The van der Waals surface area contributed by atoms with E-state index in [4.69, 9.17) is 9.47 Å². The van der Waals surface area contributed by atoms with Gasteiger partial charge in [-0.2, -0.15) is 5.26 Å². The molecule has 2 aromatic rings. The summed E-state index contributed by atoms with van der Waals surface area (Å²) in [7, 11) is 0. The molecule has 0 aromatic heterocycles. The van der Waals surface area contributed by atoms with Gasteiger partial charge in [0.05, 0.1) is 23.1 Å². The molecule has 0 aliphatic carbocycles. The van der Waals surface area contributed by atoms with Crippen LogP contribution in [-0.2, 0) is 16.2 Å². The number of carbonyl (C=O) groups excluding carboxylic acids is 3. The minimum absolute atomic E-state index is 0.200. The van der Waals surface area contributed by atoms with Crippen LogP contribution >= 0.6 is 11.8 Å². The molecule has 0 N–H and O–H groups in total. The fourth-order valence-corrected chi connectivity index (χ4v) is 5.03. The summed E-state index contributed by atoms with van der Waals surface area (Å²) in [6.45, 7) is 5.69. The summed E-state index contributed by atoms with van der Waals surface area (Å²) in [4.78, 5) is 41.2. The Morgan fingerprint density at radius 2 is 1.89 bits per heavy atom. The van der Waals surface area contributed by atoms with Gasteiger partial charge in [-0.1, -0.05) is 31.2 Å². The van der Waals surface area contributed by atoms with Crippen molar-refractivity contribution in [2.75, 3.05) is 26.2 Å². The Labute approximate surface area is 220 Å². The Hall–Kier alpha value is -3.77. The average Bonchev–Trinajstić information content (AvgIpc) is 3.16. The van der Waals surface area contributed by atoms with Crippen LogP contribution < -0.4 is 9.47 Å². The molecule has 9 heteroatoms. The van der Waals surface area contributed by atoms with Crippen LogP contribution in [0.2, 0.25) is 0 Å². The van der Waals surface area contributed by atoms with Crippen molar-refractivity contribution in [2.24, 2.45) is 5.92 Å². The Morgan fingerprint density at radius 3 is 2.62 bits per heavy atom. The summed E-state index contributed by atoms with van der Waals surface area (Å²) in [6.07, 6.45) is 3.48. The molecule has 0 radical (unpaired) electrons. The van der Waals surface area contributed by atoms with Crippen LogP contribution in [0.3, 0.4) is 0 Å². The van der Waals surface area contributed by atoms with Crippen molar-refractivity contribution in [2.45, 2.75) is 33.3 Å². The molecule has 37 heavy (non-hydrogen) atoms. The molecule has 192 valence electrons. The van der Waals surface area contributed by atoms with E-state index in [1.54, 1.807) is 41.3 Å². The van der Waals surface area contributed by atoms with Gasteiger partial charge in [0.15, 0.2) is 11.5 Å². The second-order valence-electron chi connectivity index (χ2n) is 9.03. The highest BCUT2D eigenvalue weighted by Gasteiger charge is 2.37. The first-order valence-electron chi connectivity index (χ1n) is 12.3. The van der Waals surface area contributed by atoms with Crippen LogP contribution in [0.15, 0.2) is 47.4 Å². The molecular formula is C28H29N3O5S. The van der Waals surface area contributed by atoms with Crippen LogP contribution in [0.1, 0.15) is 43.4 Å². The van der Waals surface area contributed by atoms with Crippen LogP contribution in [0.25, 0.3) is 6.08 Å². The number of rotatable bonds is 8. The van der Waals surface area contributed by atoms with Crippen molar-refractivity contribution in [1.29, 1.82) is 5.26 Å². The number of nitriles is 1. The molecule has 2 aliphatic heterocycles. The average molecular weight is 520 g/mol. The normalized spacial score (nSPS) is 17.3. The fraction of sp³-hybridized carbons (Fsp3) is 0.357. The molecule has 2 fully saturated rings. The van der Waals surface area contributed by atoms with Gasteiger partial charge in [0.2, 0.25) is 5.91 Å². The van der Waals surface area contributed by atoms with Crippen molar-refractivity contribution >= 4 is 34.9 Å². The monoisotopic (exact) mass is 519 g/mol. The van der Waals surface area contributed by atoms with E-state index in [1.807, 2.05) is 19.1 Å². The number of nitrogens with zero attached hydrogens (tertiary/aromatic N) is 3. The number of ether oxygens (including phenoxy) is 2. The molecule has 0 bridgehead atoms. The lowest BCUT2D eigenvalue weighted by Crippen LogP contribution is -2.45. The van der Waals surface area contributed by atoms with E-state index in [0.29, 0.717) is 48.2 Å². The first kappa shape index (κ1) is 26.3. The van der Waals surface area contributed by atoms with Crippen molar-refractivity contribution < 1.29 is 23.9 Å². The van der Waals surface area contributed by atoms with Gasteiger partial charge in [-0.15, -0.1) is 0 Å². The third-order valence-electron chi connectivity index (χ3n) is 6.39. The van der Waals surface area contributed by atoms with Gasteiger partial charge < -0.3 is 14.4 Å². The molecule has 4 rings (SSSR count). The predicted molar refractivity (Wildman–Crippen MR) is 141 cm³/mol. The smallest absolute Gasteiger partial charge is 0.294 e. The SMILES string of the molecule is CCOc1cc(/C=C2/SC(=O)N(CC(=O)N3CCC(C)CC3)C2=O)ccc1OCc1ccccc1C#N. The summed E-state index contributed by atoms with van der Waals surface area (Å²) < 4.78 is 11.7. The zero-order chi connectivity index (χ0) is 26.4. The van der Waals surface area contributed by atoms with Crippen LogP contribution in [0.4, 0.5) is 4.79 Å². The lowest BCUT2D eigenvalue weighted by atomic mass is 9.99. The van der Waals surface area contributed by atoms with Gasteiger partial charge in [-0.3, -0.25) is 19.3 Å². The maximum absolute atomic E-state index is 13.0. The van der Waals surface area contributed by atoms with Crippen molar-refractivity contribution in [3.8, 4) is 17.6 Å². The summed E-state index contributed by atoms with van der Waals surface area (Å²) in [6, 6.07) is 14.6. The van der Waals surface area contributed by atoms with Gasteiger partial charge in [-0.25, -0.2) is 0 Å². The van der Waals surface area contributed by atoms with E-state index in [2.05, 4.69) is 13.0 Å². The van der Waals surface area contributed by atoms with Crippen LogP contribution in [0, 0.1) is 17.2 Å². The minimum atomic E-state index is -0.472.